The molecule has 2 heterocycles. The summed E-state index contributed by atoms with van der Waals surface area (Å²) in [4.78, 5) is 30.0. The van der Waals surface area contributed by atoms with Gasteiger partial charge in [0.25, 0.3) is 0 Å². The average molecular weight is 472 g/mol. The summed E-state index contributed by atoms with van der Waals surface area (Å²) in [6, 6.07) is 2.02. The second-order valence-electron chi connectivity index (χ2n) is 11.2. The van der Waals surface area contributed by atoms with Crippen molar-refractivity contribution in [3.05, 3.63) is 15.8 Å². The Bertz CT molecular complexity index is 941. The van der Waals surface area contributed by atoms with Gasteiger partial charge in [0.1, 0.15) is 4.88 Å². The summed E-state index contributed by atoms with van der Waals surface area (Å²) in [5, 5.41) is 0. The number of thiophene rings is 1. The predicted molar refractivity (Wildman–Crippen MR) is 132 cm³/mol. The minimum Gasteiger partial charge on any atom is -0.465 e. The summed E-state index contributed by atoms with van der Waals surface area (Å²) in [7, 11) is 1.40. The zero-order valence-electron chi connectivity index (χ0n) is 20.7. The molecule has 5 nitrogen and oxygen atoms in total. The normalized spacial score (nSPS) is 29.2. The van der Waals surface area contributed by atoms with Crippen LogP contribution in [0.3, 0.4) is 0 Å². The Labute approximate surface area is 202 Å². The molecule has 0 unspecified atom stereocenters. The van der Waals surface area contributed by atoms with E-state index < -0.39 is 5.97 Å². The van der Waals surface area contributed by atoms with Crippen molar-refractivity contribution < 1.29 is 19.1 Å². The van der Waals surface area contributed by atoms with Gasteiger partial charge in [-0.2, -0.15) is 0 Å². The van der Waals surface area contributed by atoms with E-state index in [1.807, 2.05) is 11.0 Å². The minimum absolute atomic E-state index is 0.0174. The summed E-state index contributed by atoms with van der Waals surface area (Å²) in [5.41, 5.74) is 0.590. The van der Waals surface area contributed by atoms with Gasteiger partial charge in [-0.3, -0.25) is 4.79 Å². The highest BCUT2D eigenvalue weighted by Crippen LogP contribution is 2.45. The molecule has 1 aromatic rings. The average Bonchev–Trinajstić information content (AvgIpc) is 3.40. The van der Waals surface area contributed by atoms with Crippen molar-refractivity contribution in [1.29, 1.82) is 0 Å². The van der Waals surface area contributed by atoms with Crippen LogP contribution < -0.4 is 4.90 Å². The Kier molecular flexibility index (Phi) is 6.94. The van der Waals surface area contributed by atoms with E-state index in [4.69, 9.17) is 9.47 Å². The molecule has 0 aromatic carbocycles. The van der Waals surface area contributed by atoms with Gasteiger partial charge in [-0.05, 0) is 84.1 Å². The van der Waals surface area contributed by atoms with Crippen LogP contribution in [0.2, 0.25) is 0 Å². The van der Waals surface area contributed by atoms with Gasteiger partial charge >= 0.3 is 5.97 Å². The molecule has 0 bridgehead atoms. The zero-order chi connectivity index (χ0) is 23.8. The Morgan fingerprint density at radius 3 is 2.33 bits per heavy atom. The first-order valence-corrected chi connectivity index (χ1v) is 13.1. The second-order valence-corrected chi connectivity index (χ2v) is 12.2. The lowest BCUT2D eigenvalue weighted by Crippen LogP contribution is -2.47. The molecule has 33 heavy (non-hydrogen) atoms. The zero-order valence-corrected chi connectivity index (χ0v) is 21.5. The molecule has 3 aliphatic rings. The maximum absolute atomic E-state index is 14.0. The number of esters is 1. The molecule has 0 atom stereocenters. The Morgan fingerprint density at radius 2 is 1.79 bits per heavy atom. The molecular formula is C27H37NO4S. The molecule has 2 saturated carbocycles. The highest BCUT2D eigenvalue weighted by molar-refractivity contribution is 7.15. The highest BCUT2D eigenvalue weighted by atomic mass is 32.1. The fourth-order valence-electron chi connectivity index (χ4n) is 5.09. The molecule has 0 radical (unpaired) electrons. The lowest BCUT2D eigenvalue weighted by Gasteiger charge is -2.39. The maximum Gasteiger partial charge on any atom is 0.350 e. The van der Waals surface area contributed by atoms with E-state index >= 15 is 0 Å². The van der Waals surface area contributed by atoms with Crippen LogP contribution in [-0.2, 0) is 14.3 Å². The molecule has 1 aliphatic heterocycles. The fraction of sp³-hybridized carbons (Fsp3) is 0.704. The first-order valence-electron chi connectivity index (χ1n) is 12.3. The Balaban J connectivity index is 1.70. The summed E-state index contributed by atoms with van der Waals surface area (Å²) < 4.78 is 10.8. The van der Waals surface area contributed by atoms with Gasteiger partial charge in [-0.15, -0.1) is 11.3 Å². The van der Waals surface area contributed by atoms with E-state index in [1.165, 1.54) is 18.4 Å². The van der Waals surface area contributed by atoms with Crippen molar-refractivity contribution >= 4 is 28.9 Å². The van der Waals surface area contributed by atoms with Gasteiger partial charge in [0.05, 0.1) is 29.9 Å². The molecule has 6 heteroatoms. The van der Waals surface area contributed by atoms with Gasteiger partial charge in [0, 0.05) is 17.4 Å². The smallest absolute Gasteiger partial charge is 0.350 e. The van der Waals surface area contributed by atoms with Gasteiger partial charge in [-0.25, -0.2) is 4.79 Å². The molecule has 1 aromatic heterocycles. The van der Waals surface area contributed by atoms with Crippen LogP contribution in [-0.4, -0.2) is 37.2 Å². The molecular weight excluding hydrogens is 434 g/mol. The predicted octanol–water partition coefficient (Wildman–Crippen LogP) is 5.80. The third-order valence-corrected chi connectivity index (χ3v) is 8.31. The van der Waals surface area contributed by atoms with Crippen LogP contribution in [0.25, 0.3) is 0 Å². The quantitative estimate of drug-likeness (QED) is 0.316. The third kappa shape index (κ3) is 5.63. The van der Waals surface area contributed by atoms with Crippen molar-refractivity contribution in [2.45, 2.75) is 90.7 Å². The highest BCUT2D eigenvalue weighted by Gasteiger charge is 2.49. The molecule has 1 spiro atoms. The second kappa shape index (κ2) is 9.43. The van der Waals surface area contributed by atoms with Crippen LogP contribution >= 0.6 is 11.3 Å². The van der Waals surface area contributed by atoms with Crippen molar-refractivity contribution in [2.24, 2.45) is 17.3 Å². The summed E-state index contributed by atoms with van der Waals surface area (Å²) in [5.74, 6) is 6.95. The number of hydrogen-bond acceptors (Lipinski definition) is 5. The van der Waals surface area contributed by atoms with Gasteiger partial charge < -0.3 is 14.4 Å². The number of methoxy groups -OCH3 is 1. The number of rotatable bonds is 4. The third-order valence-electron chi connectivity index (χ3n) is 7.29. The number of anilines is 1. The largest absolute Gasteiger partial charge is 0.465 e. The number of nitrogens with zero attached hydrogens (tertiary/aromatic N) is 1. The fourth-order valence-corrected chi connectivity index (χ4v) is 6.01. The van der Waals surface area contributed by atoms with Crippen molar-refractivity contribution in [3.63, 3.8) is 0 Å². The molecule has 1 saturated heterocycles. The van der Waals surface area contributed by atoms with Gasteiger partial charge in [0.2, 0.25) is 5.91 Å². The maximum atomic E-state index is 14.0. The van der Waals surface area contributed by atoms with E-state index in [1.54, 1.807) is 0 Å². The molecule has 3 fully saturated rings. The number of carbonyl (C=O) groups is 2. The van der Waals surface area contributed by atoms with Crippen molar-refractivity contribution in [1.82, 2.24) is 0 Å². The van der Waals surface area contributed by atoms with Crippen molar-refractivity contribution in [3.8, 4) is 11.8 Å². The van der Waals surface area contributed by atoms with Crippen LogP contribution in [0.5, 0.6) is 0 Å². The van der Waals surface area contributed by atoms with E-state index in [0.717, 1.165) is 62.9 Å². The van der Waals surface area contributed by atoms with E-state index in [2.05, 4.69) is 39.5 Å². The summed E-state index contributed by atoms with van der Waals surface area (Å²) >= 11 is 1.34. The topological polar surface area (TPSA) is 59.1 Å². The van der Waals surface area contributed by atoms with E-state index in [0.29, 0.717) is 16.5 Å². The summed E-state index contributed by atoms with van der Waals surface area (Å²) in [6.07, 6.45) is 7.75. The minimum atomic E-state index is -0.397. The first-order chi connectivity index (χ1) is 15.6. The Morgan fingerprint density at radius 1 is 1.15 bits per heavy atom. The monoisotopic (exact) mass is 471 g/mol. The lowest BCUT2D eigenvalue weighted by atomic mass is 9.80. The van der Waals surface area contributed by atoms with E-state index in [9.17, 15) is 9.59 Å². The summed E-state index contributed by atoms with van der Waals surface area (Å²) in [6.45, 7) is 9.30. The first kappa shape index (κ1) is 24.3. The van der Waals surface area contributed by atoms with Crippen molar-refractivity contribution in [2.75, 3.05) is 18.6 Å². The van der Waals surface area contributed by atoms with Crippen LogP contribution in [0.4, 0.5) is 5.69 Å². The number of carbonyl (C=O) groups excluding carboxylic acids is 2. The molecule has 0 N–H and O–H groups in total. The van der Waals surface area contributed by atoms with Crippen LogP contribution in [0.1, 0.15) is 93.6 Å². The van der Waals surface area contributed by atoms with E-state index in [-0.39, 0.29) is 28.9 Å². The number of epoxide rings is 1. The van der Waals surface area contributed by atoms with Gasteiger partial charge in [0.15, 0.2) is 0 Å². The molecule has 180 valence electrons. The standard InChI is InChI=1S/C27H37NO4S/c1-18-6-8-19(9-7-18)24(29)28(20-10-14-27(15-11-20)17-32-27)22-16-21(12-13-26(2,3)4)33-23(22)25(30)31-5/h16,18-20H,6-11,14-15,17H2,1-5H3. The number of hydrogen-bond donors (Lipinski definition) is 0. The Hall–Kier alpha value is -1.84. The van der Waals surface area contributed by atoms with Crippen LogP contribution in [0.15, 0.2) is 6.07 Å². The van der Waals surface area contributed by atoms with Crippen LogP contribution in [0, 0.1) is 29.1 Å². The van der Waals surface area contributed by atoms with Gasteiger partial charge in [-0.1, -0.05) is 18.8 Å². The number of amides is 1. The number of ether oxygens (including phenoxy) is 2. The molecule has 2 aliphatic carbocycles. The SMILES string of the molecule is COC(=O)c1sc(C#CC(C)(C)C)cc1N(C(=O)C1CCC(C)CC1)C1CCC2(CC1)CO2. The lowest BCUT2D eigenvalue weighted by molar-refractivity contribution is -0.124. The molecule has 4 rings (SSSR count). The molecule has 1 amide bonds.